The van der Waals surface area contributed by atoms with E-state index in [0.29, 0.717) is 6.54 Å². The largest absolute Gasteiger partial charge is 0.392 e. The minimum Gasteiger partial charge on any atom is -0.392 e. The highest BCUT2D eigenvalue weighted by molar-refractivity contribution is 5.91. The lowest BCUT2D eigenvalue weighted by Crippen LogP contribution is -2.43. The number of aliphatic hydroxyl groups is 1. The lowest BCUT2D eigenvalue weighted by Gasteiger charge is -2.33. The molecule has 0 spiro atoms. The van der Waals surface area contributed by atoms with Crippen molar-refractivity contribution >= 4 is 5.91 Å². The first-order chi connectivity index (χ1) is 11.2. The maximum Gasteiger partial charge on any atom is 0.273 e. The zero-order valence-electron chi connectivity index (χ0n) is 14.9. The number of aromatic nitrogens is 3. The van der Waals surface area contributed by atoms with Gasteiger partial charge in [0.2, 0.25) is 0 Å². The molecule has 2 rings (SSSR count). The van der Waals surface area contributed by atoms with E-state index < -0.39 is 11.5 Å². The smallest absolute Gasteiger partial charge is 0.273 e. The monoisotopic (exact) mass is 330 g/mol. The van der Waals surface area contributed by atoms with Crippen molar-refractivity contribution in [2.75, 3.05) is 6.54 Å². The molecule has 6 heteroatoms. The van der Waals surface area contributed by atoms with E-state index in [0.717, 1.165) is 11.3 Å². The van der Waals surface area contributed by atoms with Gasteiger partial charge in [0.05, 0.1) is 18.0 Å². The summed E-state index contributed by atoms with van der Waals surface area (Å²) in [4.78, 5) is 12.3. The van der Waals surface area contributed by atoms with Gasteiger partial charge in [-0.05, 0) is 30.5 Å². The Balaban J connectivity index is 2.04. The molecule has 1 aromatic heterocycles. The fraction of sp³-hybridized carbons (Fsp3) is 0.500. The molecule has 6 nitrogen and oxygen atoms in total. The minimum atomic E-state index is -0.499. The van der Waals surface area contributed by atoms with Gasteiger partial charge in [0, 0.05) is 12.0 Å². The van der Waals surface area contributed by atoms with E-state index in [1.54, 1.807) is 10.9 Å². The molecule has 0 aliphatic carbocycles. The van der Waals surface area contributed by atoms with Gasteiger partial charge >= 0.3 is 0 Å². The Bertz CT molecular complexity index is 707. The Hall–Kier alpha value is -2.21. The molecule has 1 unspecified atom stereocenters. The summed E-state index contributed by atoms with van der Waals surface area (Å²) in [6.07, 6.45) is 1.11. The number of hydrogen-bond donors (Lipinski definition) is 2. The van der Waals surface area contributed by atoms with Gasteiger partial charge in [-0.25, -0.2) is 4.68 Å². The van der Waals surface area contributed by atoms with Crippen LogP contribution in [0.1, 0.15) is 43.7 Å². The summed E-state index contributed by atoms with van der Waals surface area (Å²) in [5.74, 6) is -0.169. The molecule has 0 fully saturated rings. The fourth-order valence-electron chi connectivity index (χ4n) is 2.67. The molecule has 0 aliphatic rings. The number of carbonyl (C=O) groups is 1. The number of hydrogen-bond acceptors (Lipinski definition) is 4. The highest BCUT2D eigenvalue weighted by Gasteiger charge is 2.30. The van der Waals surface area contributed by atoms with Crippen LogP contribution in [0.15, 0.2) is 30.5 Å². The fourth-order valence-corrected chi connectivity index (χ4v) is 2.67. The van der Waals surface area contributed by atoms with E-state index in [9.17, 15) is 9.90 Å². The van der Waals surface area contributed by atoms with Gasteiger partial charge in [0.15, 0.2) is 5.69 Å². The maximum absolute atomic E-state index is 12.3. The van der Waals surface area contributed by atoms with Crippen molar-refractivity contribution in [1.29, 1.82) is 0 Å². The Kier molecular flexibility index (Phi) is 5.39. The summed E-state index contributed by atoms with van der Waals surface area (Å²) in [7, 11) is 0. The van der Waals surface area contributed by atoms with Crippen molar-refractivity contribution in [2.24, 2.45) is 11.3 Å². The van der Waals surface area contributed by atoms with Crippen LogP contribution in [0.25, 0.3) is 5.69 Å². The molecule has 0 radical (unpaired) electrons. The van der Waals surface area contributed by atoms with Crippen molar-refractivity contribution in [2.45, 2.75) is 40.7 Å². The quantitative estimate of drug-likeness (QED) is 0.852. The number of carbonyl (C=O) groups excluding carboxylic acids is 1. The van der Waals surface area contributed by atoms with E-state index in [1.807, 2.05) is 58.9 Å². The molecule has 2 aromatic rings. The Morgan fingerprint density at radius 2 is 2.08 bits per heavy atom. The number of aryl methyl sites for hydroxylation is 1. The third-order valence-corrected chi connectivity index (χ3v) is 4.13. The number of nitrogens with zero attached hydrogens (tertiary/aromatic N) is 3. The average Bonchev–Trinajstić information content (AvgIpc) is 3.02. The van der Waals surface area contributed by atoms with Crippen molar-refractivity contribution < 1.29 is 9.90 Å². The third kappa shape index (κ3) is 4.20. The van der Waals surface area contributed by atoms with Gasteiger partial charge in [0.1, 0.15) is 0 Å². The van der Waals surface area contributed by atoms with E-state index in [4.69, 9.17) is 0 Å². The molecule has 0 bridgehead atoms. The van der Waals surface area contributed by atoms with Gasteiger partial charge in [0.25, 0.3) is 5.91 Å². The number of amides is 1. The first-order valence-electron chi connectivity index (χ1n) is 8.16. The summed E-state index contributed by atoms with van der Waals surface area (Å²) in [6, 6.07) is 7.81. The zero-order valence-corrected chi connectivity index (χ0v) is 14.9. The predicted molar refractivity (Wildman–Crippen MR) is 93.1 cm³/mol. The molecule has 1 amide bonds. The molecule has 0 saturated carbocycles. The van der Waals surface area contributed by atoms with Crippen LogP contribution in [-0.4, -0.2) is 38.7 Å². The van der Waals surface area contributed by atoms with Crippen LogP contribution >= 0.6 is 0 Å². The Morgan fingerprint density at radius 3 is 2.71 bits per heavy atom. The van der Waals surface area contributed by atoms with Gasteiger partial charge in [-0.15, -0.1) is 5.10 Å². The average molecular weight is 330 g/mol. The van der Waals surface area contributed by atoms with E-state index in [-0.39, 0.29) is 17.5 Å². The molecular formula is C18H26N4O2. The van der Waals surface area contributed by atoms with Crippen molar-refractivity contribution in [3.63, 3.8) is 0 Å². The van der Waals surface area contributed by atoms with E-state index >= 15 is 0 Å². The van der Waals surface area contributed by atoms with Gasteiger partial charge in [-0.2, -0.15) is 0 Å². The third-order valence-electron chi connectivity index (χ3n) is 4.13. The summed E-state index contributed by atoms with van der Waals surface area (Å²) >= 11 is 0. The highest BCUT2D eigenvalue weighted by Crippen LogP contribution is 2.25. The van der Waals surface area contributed by atoms with Crippen LogP contribution in [0.4, 0.5) is 0 Å². The Labute approximate surface area is 142 Å². The summed E-state index contributed by atoms with van der Waals surface area (Å²) in [5.41, 5.74) is 1.80. The summed E-state index contributed by atoms with van der Waals surface area (Å²) < 4.78 is 1.58. The second-order valence-corrected chi connectivity index (χ2v) is 7.25. The molecular weight excluding hydrogens is 304 g/mol. The maximum atomic E-state index is 12.3. The first-order valence-corrected chi connectivity index (χ1v) is 8.16. The molecule has 1 aromatic carbocycles. The second-order valence-electron chi connectivity index (χ2n) is 7.25. The van der Waals surface area contributed by atoms with Crippen molar-refractivity contribution in [3.8, 4) is 5.69 Å². The lowest BCUT2D eigenvalue weighted by molar-refractivity contribution is 0.0138. The molecule has 1 atom stereocenters. The van der Waals surface area contributed by atoms with Gasteiger partial charge in [-0.1, -0.05) is 45.0 Å². The van der Waals surface area contributed by atoms with E-state index in [2.05, 4.69) is 15.6 Å². The highest BCUT2D eigenvalue weighted by atomic mass is 16.3. The Morgan fingerprint density at radius 1 is 1.38 bits per heavy atom. The SMILES string of the molecule is Cc1cccc(-n2cc(C(=O)NCC(C)(C)C(O)C(C)C)nn2)c1. The van der Waals surface area contributed by atoms with Crippen LogP contribution in [0.2, 0.25) is 0 Å². The number of benzene rings is 1. The number of aliphatic hydroxyl groups excluding tert-OH is 1. The lowest BCUT2D eigenvalue weighted by atomic mass is 9.80. The van der Waals surface area contributed by atoms with E-state index in [1.165, 1.54) is 0 Å². The van der Waals surface area contributed by atoms with Crippen LogP contribution in [0.3, 0.4) is 0 Å². The topological polar surface area (TPSA) is 80.0 Å². The number of rotatable bonds is 6. The molecule has 24 heavy (non-hydrogen) atoms. The van der Waals surface area contributed by atoms with Crippen LogP contribution in [0.5, 0.6) is 0 Å². The normalized spacial score (nSPS) is 13.1. The van der Waals surface area contributed by atoms with Crippen molar-refractivity contribution in [1.82, 2.24) is 20.3 Å². The second kappa shape index (κ2) is 7.13. The van der Waals surface area contributed by atoms with Crippen molar-refractivity contribution in [3.05, 3.63) is 41.7 Å². The molecule has 0 aliphatic heterocycles. The molecule has 0 saturated heterocycles. The summed E-state index contributed by atoms with van der Waals surface area (Å²) in [5, 5.41) is 21.0. The molecule has 130 valence electrons. The van der Waals surface area contributed by atoms with Gasteiger partial charge in [-0.3, -0.25) is 4.79 Å². The predicted octanol–water partition coefficient (Wildman–Crippen LogP) is 2.35. The van der Waals surface area contributed by atoms with Crippen LogP contribution in [0, 0.1) is 18.3 Å². The number of nitrogens with one attached hydrogen (secondary N) is 1. The first kappa shape index (κ1) is 18.1. The van der Waals surface area contributed by atoms with Crippen LogP contribution < -0.4 is 5.32 Å². The van der Waals surface area contributed by atoms with Crippen LogP contribution in [-0.2, 0) is 0 Å². The van der Waals surface area contributed by atoms with Gasteiger partial charge < -0.3 is 10.4 Å². The summed E-state index contributed by atoms with van der Waals surface area (Å²) in [6.45, 7) is 10.1. The molecule has 1 heterocycles. The zero-order chi connectivity index (χ0) is 17.9. The standard InChI is InChI=1S/C18H26N4O2/c1-12(2)16(23)18(4,5)11-19-17(24)15-10-22(21-20-15)14-8-6-7-13(3)9-14/h6-10,12,16,23H,11H2,1-5H3,(H,19,24). The minimum absolute atomic E-state index is 0.124. The molecule has 2 N–H and O–H groups in total.